The van der Waals surface area contributed by atoms with E-state index in [-0.39, 0.29) is 0 Å². The van der Waals surface area contributed by atoms with Crippen molar-refractivity contribution in [1.82, 2.24) is 9.55 Å². The number of imidazole rings is 1. The second kappa shape index (κ2) is 5.24. The number of nitrogens with two attached hydrogens (primary N) is 1. The highest BCUT2D eigenvalue weighted by Crippen LogP contribution is 2.37. The molecule has 19 heavy (non-hydrogen) atoms. The predicted molar refractivity (Wildman–Crippen MR) is 80.0 cm³/mol. The Morgan fingerprint density at radius 2 is 1.95 bits per heavy atom. The van der Waals surface area contributed by atoms with Gasteiger partial charge in [-0.25, -0.2) is 4.98 Å². The minimum Gasteiger partial charge on any atom is -0.369 e. The number of hydrogen-bond acceptors (Lipinski definition) is 2. The zero-order valence-corrected chi connectivity index (χ0v) is 11.7. The molecule has 1 heterocycles. The van der Waals surface area contributed by atoms with Crippen molar-refractivity contribution in [1.29, 1.82) is 0 Å². The van der Waals surface area contributed by atoms with Gasteiger partial charge in [-0.15, -0.1) is 0 Å². The molecule has 1 aliphatic rings. The van der Waals surface area contributed by atoms with Gasteiger partial charge in [-0.1, -0.05) is 31.9 Å². The smallest absolute Gasteiger partial charge is 0.201 e. The van der Waals surface area contributed by atoms with Crippen LogP contribution in [0.5, 0.6) is 0 Å². The maximum absolute atomic E-state index is 6.13. The first-order valence-corrected chi connectivity index (χ1v) is 7.52. The van der Waals surface area contributed by atoms with Crippen LogP contribution >= 0.6 is 0 Å². The zero-order valence-electron chi connectivity index (χ0n) is 11.7. The van der Waals surface area contributed by atoms with E-state index >= 15 is 0 Å². The molecule has 0 aliphatic heterocycles. The van der Waals surface area contributed by atoms with Gasteiger partial charge in [0, 0.05) is 6.04 Å². The highest BCUT2D eigenvalue weighted by atomic mass is 15.2. The van der Waals surface area contributed by atoms with Gasteiger partial charge < -0.3 is 10.3 Å². The summed E-state index contributed by atoms with van der Waals surface area (Å²) in [5.41, 5.74) is 8.35. The minimum atomic E-state index is 0.542. The van der Waals surface area contributed by atoms with Crippen molar-refractivity contribution < 1.29 is 0 Å². The van der Waals surface area contributed by atoms with Crippen molar-refractivity contribution in [3.05, 3.63) is 24.3 Å². The molecule has 1 fully saturated rings. The Kier molecular flexibility index (Phi) is 3.45. The van der Waals surface area contributed by atoms with Gasteiger partial charge in [-0.05, 0) is 43.7 Å². The molecule has 1 saturated carbocycles. The van der Waals surface area contributed by atoms with Crippen LogP contribution in [-0.4, -0.2) is 9.55 Å². The molecular formula is C16H23N3. The Morgan fingerprint density at radius 3 is 2.68 bits per heavy atom. The minimum absolute atomic E-state index is 0.542. The molecular weight excluding hydrogens is 234 g/mol. The fourth-order valence-electron chi connectivity index (χ4n) is 3.55. The summed E-state index contributed by atoms with van der Waals surface area (Å²) >= 11 is 0. The number of nitrogen functional groups attached to an aromatic ring is 1. The van der Waals surface area contributed by atoms with Crippen LogP contribution < -0.4 is 5.73 Å². The lowest BCUT2D eigenvalue weighted by Crippen LogP contribution is -2.19. The van der Waals surface area contributed by atoms with Gasteiger partial charge >= 0.3 is 0 Å². The molecule has 1 aromatic heterocycles. The molecule has 0 radical (unpaired) electrons. The second-order valence-electron chi connectivity index (χ2n) is 5.79. The van der Waals surface area contributed by atoms with Gasteiger partial charge in [0.1, 0.15) is 0 Å². The first-order chi connectivity index (χ1) is 9.29. The summed E-state index contributed by atoms with van der Waals surface area (Å²) in [5, 5.41) is 0. The van der Waals surface area contributed by atoms with Crippen LogP contribution in [0.15, 0.2) is 24.3 Å². The Balaban J connectivity index is 1.83. The topological polar surface area (TPSA) is 43.8 Å². The lowest BCUT2D eigenvalue weighted by Gasteiger charge is -2.30. The van der Waals surface area contributed by atoms with E-state index in [1.807, 2.05) is 12.1 Å². The fourth-order valence-corrected chi connectivity index (χ4v) is 3.55. The summed E-state index contributed by atoms with van der Waals surface area (Å²) in [5.74, 6) is 1.61. The highest BCUT2D eigenvalue weighted by Gasteiger charge is 2.24. The van der Waals surface area contributed by atoms with Crippen LogP contribution in [0.25, 0.3) is 11.0 Å². The lowest BCUT2D eigenvalue weighted by molar-refractivity contribution is 0.267. The molecule has 1 aliphatic carbocycles. The maximum atomic E-state index is 6.13. The van der Waals surface area contributed by atoms with Crippen molar-refractivity contribution in [2.24, 2.45) is 5.92 Å². The third-order valence-electron chi connectivity index (χ3n) is 4.50. The van der Waals surface area contributed by atoms with Crippen molar-refractivity contribution in [2.75, 3.05) is 5.73 Å². The monoisotopic (exact) mass is 257 g/mol. The van der Waals surface area contributed by atoms with Gasteiger partial charge in [0.15, 0.2) is 0 Å². The molecule has 2 N–H and O–H groups in total. The summed E-state index contributed by atoms with van der Waals surface area (Å²) in [6, 6.07) is 8.82. The van der Waals surface area contributed by atoms with Crippen LogP contribution in [-0.2, 0) is 0 Å². The molecule has 0 atom stereocenters. The summed E-state index contributed by atoms with van der Waals surface area (Å²) in [6.45, 7) is 2.29. The number of hydrogen-bond donors (Lipinski definition) is 1. The second-order valence-corrected chi connectivity index (χ2v) is 5.79. The zero-order chi connectivity index (χ0) is 13.2. The molecule has 1 aromatic carbocycles. The molecule has 3 rings (SSSR count). The lowest BCUT2D eigenvalue weighted by atomic mass is 9.83. The van der Waals surface area contributed by atoms with E-state index in [0.29, 0.717) is 12.0 Å². The summed E-state index contributed by atoms with van der Waals surface area (Å²) in [6.07, 6.45) is 7.86. The first kappa shape index (κ1) is 12.5. The molecule has 0 bridgehead atoms. The SMILES string of the molecule is CCCC1CCC(n2c(N)nc3ccccc32)CC1. The summed E-state index contributed by atoms with van der Waals surface area (Å²) < 4.78 is 2.26. The van der Waals surface area contributed by atoms with Gasteiger partial charge in [-0.3, -0.25) is 0 Å². The van der Waals surface area contributed by atoms with Crippen LogP contribution in [0.2, 0.25) is 0 Å². The molecule has 0 spiro atoms. The van der Waals surface area contributed by atoms with E-state index in [0.717, 1.165) is 11.4 Å². The normalized spacial score (nSPS) is 23.8. The van der Waals surface area contributed by atoms with E-state index in [1.165, 1.54) is 44.0 Å². The largest absolute Gasteiger partial charge is 0.369 e. The van der Waals surface area contributed by atoms with Crippen LogP contribution in [0.4, 0.5) is 5.95 Å². The van der Waals surface area contributed by atoms with Crippen molar-refractivity contribution >= 4 is 17.0 Å². The van der Waals surface area contributed by atoms with Gasteiger partial charge in [0.2, 0.25) is 5.95 Å². The molecule has 2 aromatic rings. The van der Waals surface area contributed by atoms with E-state index in [1.54, 1.807) is 0 Å². The third-order valence-corrected chi connectivity index (χ3v) is 4.50. The van der Waals surface area contributed by atoms with Crippen molar-refractivity contribution in [3.8, 4) is 0 Å². The molecule has 0 saturated heterocycles. The number of nitrogens with zero attached hydrogens (tertiary/aromatic N) is 2. The average Bonchev–Trinajstić information content (AvgIpc) is 2.76. The van der Waals surface area contributed by atoms with E-state index in [4.69, 9.17) is 5.73 Å². The Labute approximate surface area is 114 Å². The summed E-state index contributed by atoms with van der Waals surface area (Å²) in [4.78, 5) is 4.48. The number of fused-ring (bicyclic) bond motifs is 1. The molecule has 3 nitrogen and oxygen atoms in total. The molecule has 102 valence electrons. The van der Waals surface area contributed by atoms with Crippen LogP contribution in [0.1, 0.15) is 51.5 Å². The number of para-hydroxylation sites is 2. The number of anilines is 1. The van der Waals surface area contributed by atoms with E-state index < -0.39 is 0 Å². The number of rotatable bonds is 3. The predicted octanol–water partition coefficient (Wildman–Crippen LogP) is 4.15. The third kappa shape index (κ3) is 2.34. The Morgan fingerprint density at radius 1 is 1.21 bits per heavy atom. The maximum Gasteiger partial charge on any atom is 0.201 e. The average molecular weight is 257 g/mol. The number of benzene rings is 1. The standard InChI is InChI=1S/C16H23N3/c1-2-5-12-8-10-13(11-9-12)19-15-7-4-3-6-14(15)18-16(19)17/h3-4,6-7,12-13H,2,5,8-11H2,1H3,(H2,17,18). The Hall–Kier alpha value is -1.51. The molecule has 3 heteroatoms. The summed E-state index contributed by atoms with van der Waals surface area (Å²) in [7, 11) is 0. The fraction of sp³-hybridized carbons (Fsp3) is 0.562. The van der Waals surface area contributed by atoms with E-state index in [2.05, 4.69) is 28.6 Å². The van der Waals surface area contributed by atoms with Crippen molar-refractivity contribution in [2.45, 2.75) is 51.5 Å². The van der Waals surface area contributed by atoms with Crippen LogP contribution in [0.3, 0.4) is 0 Å². The quantitative estimate of drug-likeness (QED) is 0.897. The molecule has 0 unspecified atom stereocenters. The first-order valence-electron chi connectivity index (χ1n) is 7.52. The number of aromatic nitrogens is 2. The van der Waals surface area contributed by atoms with E-state index in [9.17, 15) is 0 Å². The van der Waals surface area contributed by atoms with Crippen molar-refractivity contribution in [3.63, 3.8) is 0 Å². The van der Waals surface area contributed by atoms with Crippen LogP contribution in [0, 0.1) is 5.92 Å². The van der Waals surface area contributed by atoms with Gasteiger partial charge in [0.05, 0.1) is 11.0 Å². The van der Waals surface area contributed by atoms with Gasteiger partial charge in [0.25, 0.3) is 0 Å². The Bertz CT molecular complexity index is 550. The highest BCUT2D eigenvalue weighted by molar-refractivity contribution is 5.78. The van der Waals surface area contributed by atoms with Gasteiger partial charge in [-0.2, -0.15) is 0 Å². The molecule has 0 amide bonds.